The van der Waals surface area contributed by atoms with Crippen molar-refractivity contribution < 1.29 is 19.5 Å². The number of phenolic OH excluding ortho intramolecular Hbond substituents is 1. The van der Waals surface area contributed by atoms with Crippen LogP contribution >= 0.6 is 11.3 Å². The molecule has 6 N–H and O–H groups in total. The Kier molecular flexibility index (Phi) is 7.50. The Bertz CT molecular complexity index is 1700. The summed E-state index contributed by atoms with van der Waals surface area (Å²) in [5, 5.41) is 16.4. The minimum Gasteiger partial charge on any atom is -0.506 e. The van der Waals surface area contributed by atoms with Crippen LogP contribution in [0.15, 0.2) is 66.7 Å². The highest BCUT2D eigenvalue weighted by Crippen LogP contribution is 2.33. The SMILES string of the molecule is CN(C(=O)NCc1ccccc1)N1CC(=O)N2[C@@H](Cc3ccc(O)c(N)c3)C(=O)N(Cc3cccc4sc(N)nc34)C[C@@H]21. The normalized spacial score (nSPS) is 18.7. The molecule has 3 aromatic carbocycles. The smallest absolute Gasteiger partial charge is 0.332 e. The number of nitrogens with zero attached hydrogens (tertiary/aromatic N) is 5. The molecule has 2 aliphatic rings. The van der Waals surface area contributed by atoms with Gasteiger partial charge in [-0.05, 0) is 34.9 Å². The van der Waals surface area contributed by atoms with Crippen LogP contribution in [0.5, 0.6) is 5.75 Å². The highest BCUT2D eigenvalue weighted by Gasteiger charge is 2.51. The summed E-state index contributed by atoms with van der Waals surface area (Å²) in [6, 6.07) is 18.9. The second-order valence-electron chi connectivity index (χ2n) is 10.7. The van der Waals surface area contributed by atoms with Crippen LogP contribution in [-0.4, -0.2) is 80.1 Å². The van der Waals surface area contributed by atoms with Gasteiger partial charge in [0.05, 0.1) is 29.0 Å². The molecule has 4 aromatic rings. The Labute approximate surface area is 252 Å². The van der Waals surface area contributed by atoms with Crippen molar-refractivity contribution in [3.05, 3.63) is 83.4 Å². The van der Waals surface area contributed by atoms with Crippen molar-refractivity contribution in [3.8, 4) is 5.75 Å². The number of hydrogen-bond donors (Lipinski definition) is 4. The highest BCUT2D eigenvalue weighted by molar-refractivity contribution is 7.22. The first-order valence-electron chi connectivity index (χ1n) is 13.8. The zero-order chi connectivity index (χ0) is 30.2. The molecule has 2 aliphatic heterocycles. The lowest BCUT2D eigenvalue weighted by Crippen LogP contribution is -2.65. The average molecular weight is 601 g/mol. The van der Waals surface area contributed by atoms with Crippen LogP contribution < -0.4 is 16.8 Å². The number of rotatable bonds is 7. The molecule has 12 nitrogen and oxygen atoms in total. The molecule has 2 fully saturated rings. The van der Waals surface area contributed by atoms with E-state index >= 15 is 0 Å². The van der Waals surface area contributed by atoms with Gasteiger partial charge >= 0.3 is 6.03 Å². The molecule has 4 amide bonds. The third-order valence-electron chi connectivity index (χ3n) is 7.93. The van der Waals surface area contributed by atoms with Gasteiger partial charge in [-0.15, -0.1) is 0 Å². The Hall–Kier alpha value is -4.88. The van der Waals surface area contributed by atoms with E-state index in [9.17, 15) is 19.5 Å². The monoisotopic (exact) mass is 600 g/mol. The van der Waals surface area contributed by atoms with Crippen molar-refractivity contribution in [1.29, 1.82) is 0 Å². The maximum Gasteiger partial charge on any atom is 0.332 e. The molecule has 3 heterocycles. The number of aromatic hydroxyl groups is 1. The minimum atomic E-state index is -0.847. The van der Waals surface area contributed by atoms with E-state index in [4.69, 9.17) is 11.5 Å². The van der Waals surface area contributed by atoms with Gasteiger partial charge < -0.3 is 31.7 Å². The number of thiazole rings is 1. The number of carbonyl (C=O) groups excluding carboxylic acids is 3. The molecular formula is C30H32N8O4S. The molecule has 0 unspecified atom stereocenters. The number of hydrogen-bond acceptors (Lipinski definition) is 9. The second kappa shape index (κ2) is 11.4. The second-order valence-corrected chi connectivity index (χ2v) is 11.8. The largest absolute Gasteiger partial charge is 0.506 e. The third kappa shape index (κ3) is 5.51. The maximum atomic E-state index is 14.1. The summed E-state index contributed by atoms with van der Waals surface area (Å²) in [5.41, 5.74) is 15.3. The predicted molar refractivity (Wildman–Crippen MR) is 163 cm³/mol. The van der Waals surface area contributed by atoms with Crippen LogP contribution in [0.2, 0.25) is 0 Å². The standard InChI is InChI=1S/C30H32N8O4S/c1-35(30(42)33-14-18-6-3-2-4-7-18)37-17-26(40)38-22(13-19-10-11-23(39)21(31)12-19)28(41)36(16-25(37)38)15-20-8-5-9-24-27(20)34-29(32)43-24/h2-12,22,25,39H,13-17,31H2,1H3,(H2,32,34)(H,33,42)/t22-,25+/m0/s1. The number of piperazine rings is 1. The number of nitrogen functional groups attached to an aromatic ring is 2. The first kappa shape index (κ1) is 28.2. The van der Waals surface area contributed by atoms with Crippen LogP contribution in [0.3, 0.4) is 0 Å². The fourth-order valence-electron chi connectivity index (χ4n) is 5.76. The molecule has 0 radical (unpaired) electrons. The number of hydrazine groups is 1. The minimum absolute atomic E-state index is 0.0552. The lowest BCUT2D eigenvalue weighted by molar-refractivity contribution is -0.157. The van der Waals surface area contributed by atoms with Crippen LogP contribution in [0.4, 0.5) is 15.6 Å². The number of anilines is 2. The summed E-state index contributed by atoms with van der Waals surface area (Å²) in [7, 11) is 1.62. The van der Waals surface area contributed by atoms with Gasteiger partial charge in [-0.3, -0.25) is 14.6 Å². The predicted octanol–water partition coefficient (Wildman–Crippen LogP) is 2.35. The Balaban J connectivity index is 1.29. The zero-order valence-corrected chi connectivity index (χ0v) is 24.3. The van der Waals surface area contributed by atoms with Crippen molar-refractivity contribution in [2.24, 2.45) is 0 Å². The molecule has 0 aliphatic carbocycles. The summed E-state index contributed by atoms with van der Waals surface area (Å²) in [6.45, 7) is 0.707. The quantitative estimate of drug-likeness (QED) is 0.186. The number of amides is 4. The molecule has 13 heteroatoms. The molecule has 0 saturated carbocycles. The van der Waals surface area contributed by atoms with Gasteiger partial charge in [0.25, 0.3) is 0 Å². The topological polar surface area (TPSA) is 161 Å². The number of carbonyl (C=O) groups is 3. The van der Waals surface area contributed by atoms with Gasteiger partial charge in [0.15, 0.2) is 5.13 Å². The maximum absolute atomic E-state index is 14.1. The molecular weight excluding hydrogens is 568 g/mol. The Morgan fingerprint density at radius 3 is 2.65 bits per heavy atom. The van der Waals surface area contributed by atoms with Crippen molar-refractivity contribution in [2.45, 2.75) is 31.7 Å². The lowest BCUT2D eigenvalue weighted by atomic mass is 9.99. The van der Waals surface area contributed by atoms with E-state index in [0.717, 1.165) is 21.3 Å². The van der Waals surface area contributed by atoms with Crippen molar-refractivity contribution in [1.82, 2.24) is 30.1 Å². The van der Waals surface area contributed by atoms with Gasteiger partial charge in [0.1, 0.15) is 18.0 Å². The summed E-state index contributed by atoms with van der Waals surface area (Å²) >= 11 is 1.38. The molecule has 222 valence electrons. The summed E-state index contributed by atoms with van der Waals surface area (Å²) in [4.78, 5) is 48.6. The molecule has 43 heavy (non-hydrogen) atoms. The molecule has 1 aromatic heterocycles. The fourth-order valence-corrected chi connectivity index (χ4v) is 6.55. The lowest BCUT2D eigenvalue weighted by Gasteiger charge is -2.45. The number of fused-ring (bicyclic) bond motifs is 2. The van der Waals surface area contributed by atoms with E-state index in [2.05, 4.69) is 10.3 Å². The Morgan fingerprint density at radius 1 is 1.09 bits per heavy atom. The van der Waals surface area contributed by atoms with E-state index in [1.165, 1.54) is 22.4 Å². The van der Waals surface area contributed by atoms with E-state index in [1.807, 2.05) is 48.5 Å². The molecule has 0 bridgehead atoms. The first-order chi connectivity index (χ1) is 20.7. The summed E-state index contributed by atoms with van der Waals surface area (Å²) in [5.74, 6) is -0.540. The van der Waals surface area contributed by atoms with E-state index in [0.29, 0.717) is 17.2 Å². The number of nitrogens with one attached hydrogen (secondary N) is 1. The zero-order valence-electron chi connectivity index (χ0n) is 23.5. The van der Waals surface area contributed by atoms with Crippen molar-refractivity contribution >= 4 is 50.2 Å². The van der Waals surface area contributed by atoms with Crippen molar-refractivity contribution in [3.63, 3.8) is 0 Å². The number of aromatic nitrogens is 1. The van der Waals surface area contributed by atoms with Crippen LogP contribution in [0.1, 0.15) is 16.7 Å². The van der Waals surface area contributed by atoms with E-state index < -0.39 is 12.2 Å². The van der Waals surface area contributed by atoms with Gasteiger partial charge in [0.2, 0.25) is 11.8 Å². The summed E-state index contributed by atoms with van der Waals surface area (Å²) in [6.07, 6.45) is -0.398. The Morgan fingerprint density at radius 2 is 1.88 bits per heavy atom. The number of urea groups is 1. The summed E-state index contributed by atoms with van der Waals surface area (Å²) < 4.78 is 0.921. The van der Waals surface area contributed by atoms with Crippen LogP contribution in [0, 0.1) is 0 Å². The molecule has 2 saturated heterocycles. The van der Waals surface area contributed by atoms with E-state index in [-0.39, 0.29) is 55.3 Å². The van der Waals surface area contributed by atoms with E-state index in [1.54, 1.807) is 34.0 Å². The number of benzene rings is 3. The first-order valence-corrected chi connectivity index (χ1v) is 14.6. The third-order valence-corrected chi connectivity index (χ3v) is 8.78. The fraction of sp³-hybridized carbons (Fsp3) is 0.267. The van der Waals surface area contributed by atoms with Gasteiger partial charge in [-0.2, -0.15) is 5.01 Å². The van der Waals surface area contributed by atoms with Crippen LogP contribution in [-0.2, 0) is 29.1 Å². The van der Waals surface area contributed by atoms with Crippen LogP contribution in [0.25, 0.3) is 10.2 Å². The average Bonchev–Trinajstić information content (AvgIpc) is 3.55. The molecule has 2 atom stereocenters. The highest BCUT2D eigenvalue weighted by atomic mass is 32.1. The van der Waals surface area contributed by atoms with Crippen molar-refractivity contribution in [2.75, 3.05) is 31.6 Å². The number of phenols is 1. The number of para-hydroxylation sites is 1. The van der Waals surface area contributed by atoms with Gasteiger partial charge in [-0.1, -0.05) is 59.9 Å². The molecule has 0 spiro atoms. The molecule has 6 rings (SSSR count). The van der Waals surface area contributed by atoms with Gasteiger partial charge in [0, 0.05) is 26.6 Å². The van der Waals surface area contributed by atoms with Gasteiger partial charge in [-0.25, -0.2) is 9.78 Å². The number of nitrogens with two attached hydrogens (primary N) is 2.